The van der Waals surface area contributed by atoms with Gasteiger partial charge >= 0.3 is 0 Å². The maximum atomic E-state index is 10.5. The second-order valence-electron chi connectivity index (χ2n) is 5.36. The molecule has 124 valence electrons. The van der Waals surface area contributed by atoms with E-state index in [9.17, 15) is 5.11 Å². The van der Waals surface area contributed by atoms with Gasteiger partial charge in [0, 0.05) is 11.4 Å². The van der Waals surface area contributed by atoms with E-state index in [-0.39, 0.29) is 5.25 Å². The third-order valence-corrected chi connectivity index (χ3v) is 5.05. The molecule has 6 nitrogen and oxygen atoms in total. The third kappa shape index (κ3) is 3.58. The lowest BCUT2D eigenvalue weighted by Crippen LogP contribution is -2.22. The van der Waals surface area contributed by atoms with Gasteiger partial charge in [0.2, 0.25) is 0 Å². The Kier molecular flexibility index (Phi) is 5.12. The number of aryl methyl sites for hydroxylation is 1. The van der Waals surface area contributed by atoms with Crippen LogP contribution >= 0.6 is 11.8 Å². The Morgan fingerprint density at radius 3 is 2.79 bits per heavy atom. The van der Waals surface area contributed by atoms with E-state index >= 15 is 0 Å². The van der Waals surface area contributed by atoms with Gasteiger partial charge in [-0.05, 0) is 18.6 Å². The fraction of sp³-hybridized carbons (Fsp3) is 0.235. The summed E-state index contributed by atoms with van der Waals surface area (Å²) in [4.78, 5) is 13.5. The first-order valence-corrected chi connectivity index (χ1v) is 8.50. The van der Waals surface area contributed by atoms with Crippen LogP contribution in [-0.4, -0.2) is 36.0 Å². The molecule has 3 N–H and O–H groups in total. The Hall–Kier alpha value is -2.38. The van der Waals surface area contributed by atoms with Gasteiger partial charge in [-0.3, -0.25) is 0 Å². The van der Waals surface area contributed by atoms with Gasteiger partial charge in [0.25, 0.3) is 0 Å². The lowest BCUT2D eigenvalue weighted by atomic mass is 10.2. The van der Waals surface area contributed by atoms with Gasteiger partial charge in [0.15, 0.2) is 11.5 Å². The van der Waals surface area contributed by atoms with E-state index in [1.54, 1.807) is 24.2 Å². The van der Waals surface area contributed by atoms with Crippen LogP contribution in [0.15, 0.2) is 60.5 Å². The summed E-state index contributed by atoms with van der Waals surface area (Å²) in [6.45, 7) is 4.44. The van der Waals surface area contributed by atoms with Gasteiger partial charge in [-0.1, -0.05) is 24.3 Å². The Morgan fingerprint density at radius 1 is 1.25 bits per heavy atom. The topological polar surface area (TPSA) is 89.8 Å². The Bertz CT molecular complexity index is 820. The van der Waals surface area contributed by atoms with Crippen molar-refractivity contribution >= 4 is 28.7 Å². The zero-order chi connectivity index (χ0) is 16.9. The summed E-state index contributed by atoms with van der Waals surface area (Å²) in [6.07, 6.45) is 4.92. The Labute approximate surface area is 144 Å². The molecule has 1 aromatic carbocycles. The number of aromatic nitrogens is 4. The third-order valence-electron chi connectivity index (χ3n) is 3.72. The highest BCUT2D eigenvalue weighted by molar-refractivity contribution is 8.00. The molecule has 2 aromatic heterocycles. The Balaban J connectivity index is 1.66. The van der Waals surface area contributed by atoms with Crippen LogP contribution in [0.3, 0.4) is 0 Å². The molecule has 0 amide bonds. The number of rotatable bonds is 7. The molecule has 7 heteroatoms. The highest BCUT2D eigenvalue weighted by Gasteiger charge is 2.18. The van der Waals surface area contributed by atoms with Gasteiger partial charge in [-0.25, -0.2) is 15.0 Å². The standard InChI is InChI=1S/C17H19N5OS/c1-2-14(24-12-6-4-3-5-7-12)13(23)8-9-22-11-21-15-16(18)19-10-20-17(15)22/h2-7,10-11,13-14,23H,1,8-9H2,(H2,18,19,20)/t13-,14+/m0/s1. The van der Waals surface area contributed by atoms with Gasteiger partial charge in [-0.15, -0.1) is 18.3 Å². The average molecular weight is 341 g/mol. The minimum atomic E-state index is -0.524. The number of hydrogen-bond acceptors (Lipinski definition) is 6. The predicted molar refractivity (Wildman–Crippen MR) is 96.6 cm³/mol. The van der Waals surface area contributed by atoms with Crippen molar-refractivity contribution in [2.75, 3.05) is 5.73 Å². The van der Waals surface area contributed by atoms with Crippen LogP contribution < -0.4 is 5.73 Å². The number of imidazole rings is 1. The van der Waals surface area contributed by atoms with Crippen molar-refractivity contribution in [2.45, 2.75) is 29.2 Å². The summed E-state index contributed by atoms with van der Waals surface area (Å²) in [6, 6.07) is 9.99. The number of aliphatic hydroxyl groups is 1. The first-order chi connectivity index (χ1) is 11.7. The molecule has 0 spiro atoms. The smallest absolute Gasteiger partial charge is 0.165 e. The van der Waals surface area contributed by atoms with Crippen LogP contribution in [0.1, 0.15) is 6.42 Å². The minimum Gasteiger partial charge on any atom is -0.392 e. The quantitative estimate of drug-likeness (QED) is 0.507. The number of fused-ring (bicyclic) bond motifs is 1. The van der Waals surface area contributed by atoms with Crippen molar-refractivity contribution < 1.29 is 5.11 Å². The Morgan fingerprint density at radius 2 is 2.04 bits per heavy atom. The summed E-state index contributed by atoms with van der Waals surface area (Å²) < 4.78 is 1.88. The molecule has 0 aliphatic heterocycles. The molecule has 2 atom stereocenters. The maximum absolute atomic E-state index is 10.5. The largest absolute Gasteiger partial charge is 0.392 e. The highest BCUT2D eigenvalue weighted by Crippen LogP contribution is 2.27. The van der Waals surface area contributed by atoms with Crippen molar-refractivity contribution in [1.29, 1.82) is 0 Å². The van der Waals surface area contributed by atoms with E-state index in [1.165, 1.54) is 6.33 Å². The molecular formula is C17H19N5OS. The molecule has 3 aromatic rings. The fourth-order valence-corrected chi connectivity index (χ4v) is 3.46. The van der Waals surface area contributed by atoms with Crippen molar-refractivity contribution in [2.24, 2.45) is 0 Å². The molecule has 0 saturated heterocycles. The van der Waals surface area contributed by atoms with E-state index in [0.29, 0.717) is 29.9 Å². The molecular weight excluding hydrogens is 322 g/mol. The summed E-state index contributed by atoms with van der Waals surface area (Å²) in [5.74, 6) is 0.364. The van der Waals surface area contributed by atoms with Crippen molar-refractivity contribution in [3.63, 3.8) is 0 Å². The van der Waals surface area contributed by atoms with Crippen LogP contribution in [0.5, 0.6) is 0 Å². The number of benzene rings is 1. The first-order valence-electron chi connectivity index (χ1n) is 7.62. The number of nitrogens with zero attached hydrogens (tertiary/aromatic N) is 4. The molecule has 0 saturated carbocycles. The van der Waals surface area contributed by atoms with Crippen molar-refractivity contribution in [1.82, 2.24) is 19.5 Å². The van der Waals surface area contributed by atoms with Crippen LogP contribution in [0.2, 0.25) is 0 Å². The van der Waals surface area contributed by atoms with Crippen LogP contribution in [0.25, 0.3) is 11.2 Å². The number of hydrogen-bond donors (Lipinski definition) is 2. The predicted octanol–water partition coefficient (Wildman–Crippen LogP) is 2.51. The molecule has 0 aliphatic carbocycles. The lowest BCUT2D eigenvalue weighted by molar-refractivity contribution is 0.167. The number of nitrogen functional groups attached to an aromatic ring is 1. The van der Waals surface area contributed by atoms with Crippen LogP contribution in [-0.2, 0) is 6.54 Å². The first kappa shape index (κ1) is 16.5. The number of aliphatic hydroxyl groups excluding tert-OH is 1. The maximum Gasteiger partial charge on any atom is 0.165 e. The molecule has 24 heavy (non-hydrogen) atoms. The normalized spacial score (nSPS) is 13.7. The van der Waals surface area contributed by atoms with Gasteiger partial charge < -0.3 is 15.4 Å². The molecule has 0 fully saturated rings. The minimum absolute atomic E-state index is 0.0816. The zero-order valence-corrected chi connectivity index (χ0v) is 13.9. The second kappa shape index (κ2) is 7.46. The fourth-order valence-electron chi connectivity index (χ4n) is 2.44. The molecule has 0 radical (unpaired) electrons. The monoisotopic (exact) mass is 341 g/mol. The average Bonchev–Trinajstić information content (AvgIpc) is 3.03. The number of thioether (sulfide) groups is 1. The molecule has 0 bridgehead atoms. The van der Waals surface area contributed by atoms with Gasteiger partial charge in [0.05, 0.1) is 17.7 Å². The van der Waals surface area contributed by atoms with Crippen molar-refractivity contribution in [3.8, 4) is 0 Å². The van der Waals surface area contributed by atoms with Gasteiger partial charge in [0.1, 0.15) is 11.8 Å². The lowest BCUT2D eigenvalue weighted by Gasteiger charge is -2.19. The zero-order valence-electron chi connectivity index (χ0n) is 13.1. The molecule has 2 heterocycles. The van der Waals surface area contributed by atoms with E-state index in [1.807, 2.05) is 34.9 Å². The van der Waals surface area contributed by atoms with E-state index in [2.05, 4.69) is 21.5 Å². The second-order valence-corrected chi connectivity index (χ2v) is 6.61. The number of anilines is 1. The summed E-state index contributed by atoms with van der Waals surface area (Å²) in [7, 11) is 0. The summed E-state index contributed by atoms with van der Waals surface area (Å²) in [5.41, 5.74) is 7.06. The molecule has 0 aliphatic rings. The SMILES string of the molecule is C=C[C@@H](Sc1ccccc1)[C@@H](O)CCn1cnc2c(N)ncnc21. The van der Waals surface area contributed by atoms with E-state index in [0.717, 1.165) is 4.90 Å². The van der Waals surface area contributed by atoms with E-state index in [4.69, 9.17) is 5.73 Å². The molecule has 0 unspecified atom stereocenters. The molecule has 3 rings (SSSR count). The van der Waals surface area contributed by atoms with E-state index < -0.39 is 6.10 Å². The van der Waals surface area contributed by atoms with Gasteiger partial charge in [-0.2, -0.15) is 0 Å². The van der Waals surface area contributed by atoms with Crippen molar-refractivity contribution in [3.05, 3.63) is 55.6 Å². The summed E-state index contributed by atoms with van der Waals surface area (Å²) in [5, 5.41) is 10.4. The van der Waals surface area contributed by atoms with Crippen LogP contribution in [0, 0.1) is 0 Å². The highest BCUT2D eigenvalue weighted by atomic mass is 32.2. The summed E-state index contributed by atoms with van der Waals surface area (Å²) >= 11 is 1.60. The van der Waals surface area contributed by atoms with Crippen LogP contribution in [0.4, 0.5) is 5.82 Å². The number of nitrogens with two attached hydrogens (primary N) is 1.